The van der Waals surface area contributed by atoms with E-state index in [4.69, 9.17) is 0 Å². The fraction of sp³-hybridized carbons (Fsp3) is 0.0769. The number of rotatable bonds is 3. The number of hydrogen-bond acceptors (Lipinski definition) is 4. The Bertz CT molecular complexity index is 414. The van der Waals surface area contributed by atoms with E-state index in [0.717, 1.165) is 6.08 Å². The SMILES string of the molecule is C/C=C/C=C/C(=O)[O-].O=C([O-])c1ccccc1.[K+].[K+]. The molecule has 6 heteroatoms. The van der Waals surface area contributed by atoms with Gasteiger partial charge >= 0.3 is 103 Å². The second-order valence-corrected chi connectivity index (χ2v) is 2.86. The van der Waals surface area contributed by atoms with Gasteiger partial charge in [0.15, 0.2) is 0 Å². The van der Waals surface area contributed by atoms with Crippen LogP contribution < -0.4 is 113 Å². The molecule has 1 aromatic rings. The van der Waals surface area contributed by atoms with Crippen molar-refractivity contribution in [2.75, 3.05) is 0 Å². The van der Waals surface area contributed by atoms with E-state index < -0.39 is 11.9 Å². The fourth-order valence-electron chi connectivity index (χ4n) is 0.819. The molecule has 4 nitrogen and oxygen atoms in total. The molecular weight excluding hydrogens is 298 g/mol. The van der Waals surface area contributed by atoms with E-state index in [0.29, 0.717) is 0 Å². The van der Waals surface area contributed by atoms with Crippen LogP contribution in [0.4, 0.5) is 0 Å². The topological polar surface area (TPSA) is 80.3 Å². The number of carboxylic acid groups (broad SMARTS) is 2. The summed E-state index contributed by atoms with van der Waals surface area (Å²) in [7, 11) is 0. The van der Waals surface area contributed by atoms with Crippen molar-refractivity contribution in [2.24, 2.45) is 0 Å². The van der Waals surface area contributed by atoms with Crippen LogP contribution in [0.2, 0.25) is 0 Å². The van der Waals surface area contributed by atoms with Gasteiger partial charge in [-0.1, -0.05) is 48.6 Å². The predicted octanol–water partition coefficient (Wildman–Crippen LogP) is -6.07. The van der Waals surface area contributed by atoms with Crippen molar-refractivity contribution in [3.63, 3.8) is 0 Å². The van der Waals surface area contributed by atoms with Crippen LogP contribution in [0.5, 0.6) is 0 Å². The van der Waals surface area contributed by atoms with Crippen LogP contribution in [0.15, 0.2) is 54.6 Å². The maximum absolute atomic E-state index is 10.1. The molecule has 0 spiro atoms. The smallest absolute Gasteiger partial charge is 0.545 e. The number of hydrogen-bond donors (Lipinski definition) is 0. The molecule has 0 aliphatic carbocycles. The Morgan fingerprint density at radius 2 is 1.53 bits per heavy atom. The molecule has 0 N–H and O–H groups in total. The summed E-state index contributed by atoms with van der Waals surface area (Å²) in [6.07, 6.45) is 5.74. The molecule has 1 rings (SSSR count). The fourth-order valence-corrected chi connectivity index (χ4v) is 0.819. The zero-order chi connectivity index (χ0) is 13.1. The predicted molar refractivity (Wildman–Crippen MR) is 59.7 cm³/mol. The molecule has 90 valence electrons. The quantitative estimate of drug-likeness (QED) is 0.316. The van der Waals surface area contributed by atoms with Crippen molar-refractivity contribution in [1.29, 1.82) is 0 Å². The van der Waals surface area contributed by atoms with E-state index in [9.17, 15) is 19.8 Å². The standard InChI is InChI=1S/C7H6O2.C6H8O2.2K/c8-7(9)6-4-2-1-3-5-6;1-2-3-4-5-6(7)8;;/h1-5H,(H,8,9);2-5H,1H3,(H,7,8);;/q;;2*+1/p-2/b;3-2+,5-4+;;. The molecule has 0 fully saturated rings. The van der Waals surface area contributed by atoms with Crippen LogP contribution in [0.25, 0.3) is 0 Å². The molecule has 0 bridgehead atoms. The molecule has 1 aromatic carbocycles. The Morgan fingerprint density at radius 1 is 1.00 bits per heavy atom. The summed E-state index contributed by atoms with van der Waals surface area (Å²) >= 11 is 0. The Morgan fingerprint density at radius 3 is 1.84 bits per heavy atom. The van der Waals surface area contributed by atoms with Gasteiger partial charge in [-0.2, -0.15) is 0 Å². The molecule has 0 heterocycles. The summed E-state index contributed by atoms with van der Waals surface area (Å²) in [6, 6.07) is 8.06. The molecule has 0 aromatic heterocycles. The summed E-state index contributed by atoms with van der Waals surface area (Å²) in [4.78, 5) is 19.7. The minimum Gasteiger partial charge on any atom is -0.545 e. The third kappa shape index (κ3) is 16.9. The van der Waals surface area contributed by atoms with Gasteiger partial charge in [-0.3, -0.25) is 0 Å². The monoisotopic (exact) mass is 310 g/mol. The van der Waals surface area contributed by atoms with E-state index in [2.05, 4.69) is 0 Å². The van der Waals surface area contributed by atoms with Crippen LogP contribution in [0.3, 0.4) is 0 Å². The first-order chi connectivity index (χ1) is 8.07. The van der Waals surface area contributed by atoms with Gasteiger partial charge < -0.3 is 19.8 Å². The number of carbonyl (C=O) groups excluding carboxylic acids is 2. The van der Waals surface area contributed by atoms with E-state index in [1.54, 1.807) is 37.3 Å². The van der Waals surface area contributed by atoms with Crippen molar-refractivity contribution >= 4 is 11.9 Å². The summed E-state index contributed by atoms with van der Waals surface area (Å²) in [5, 5.41) is 19.7. The molecule has 0 unspecified atom stereocenters. The molecule has 0 saturated carbocycles. The Labute approximate surface area is 197 Å². The van der Waals surface area contributed by atoms with Crippen molar-refractivity contribution in [3.8, 4) is 0 Å². The molecule has 0 amide bonds. The first kappa shape index (κ1) is 24.9. The number of carbonyl (C=O) groups is 2. The van der Waals surface area contributed by atoms with E-state index >= 15 is 0 Å². The third-order valence-corrected chi connectivity index (χ3v) is 1.55. The molecule has 0 aliphatic heterocycles. The number of aromatic carboxylic acids is 1. The zero-order valence-corrected chi connectivity index (χ0v) is 17.6. The maximum Gasteiger partial charge on any atom is 1.00 e. The van der Waals surface area contributed by atoms with Crippen LogP contribution in [-0.4, -0.2) is 11.9 Å². The number of carboxylic acids is 2. The molecular formula is C13H12K2O4. The third-order valence-electron chi connectivity index (χ3n) is 1.55. The van der Waals surface area contributed by atoms with Crippen molar-refractivity contribution in [1.82, 2.24) is 0 Å². The van der Waals surface area contributed by atoms with Gasteiger partial charge in [0, 0.05) is 0 Å². The molecule has 0 radical (unpaired) electrons. The maximum atomic E-state index is 10.1. The van der Waals surface area contributed by atoms with Crippen LogP contribution in [0.1, 0.15) is 17.3 Å². The number of allylic oxidation sites excluding steroid dienone is 3. The second kappa shape index (κ2) is 17.0. The van der Waals surface area contributed by atoms with Gasteiger partial charge in [0.2, 0.25) is 0 Å². The average Bonchev–Trinajstić information content (AvgIpc) is 2.31. The summed E-state index contributed by atoms with van der Waals surface area (Å²) in [5.41, 5.74) is 0.220. The summed E-state index contributed by atoms with van der Waals surface area (Å²) in [5.74, 6) is -2.29. The first-order valence-corrected chi connectivity index (χ1v) is 4.84. The van der Waals surface area contributed by atoms with Crippen LogP contribution >= 0.6 is 0 Å². The largest absolute Gasteiger partial charge is 1.00 e. The van der Waals surface area contributed by atoms with Crippen LogP contribution in [0, 0.1) is 0 Å². The molecule has 19 heavy (non-hydrogen) atoms. The Balaban J connectivity index is -0.000000246. The van der Waals surface area contributed by atoms with Gasteiger partial charge in [-0.05, 0) is 18.6 Å². The van der Waals surface area contributed by atoms with Crippen molar-refractivity contribution < 1.29 is 123 Å². The number of aliphatic carboxylic acids is 1. The number of benzene rings is 1. The summed E-state index contributed by atoms with van der Waals surface area (Å²) in [6.45, 7) is 1.81. The van der Waals surface area contributed by atoms with Crippen molar-refractivity contribution in [2.45, 2.75) is 6.92 Å². The average molecular weight is 310 g/mol. The molecule has 0 atom stereocenters. The minimum atomic E-state index is -1.16. The Kier molecular flexibility index (Phi) is 22.2. The van der Waals surface area contributed by atoms with Gasteiger partial charge in [0.1, 0.15) is 0 Å². The minimum absolute atomic E-state index is 0. The van der Waals surface area contributed by atoms with Gasteiger partial charge in [-0.15, -0.1) is 0 Å². The molecule has 0 aliphatic rings. The van der Waals surface area contributed by atoms with Gasteiger partial charge in [0.05, 0.1) is 11.9 Å². The van der Waals surface area contributed by atoms with Crippen LogP contribution in [-0.2, 0) is 4.79 Å². The van der Waals surface area contributed by atoms with Gasteiger partial charge in [-0.25, -0.2) is 0 Å². The first-order valence-electron chi connectivity index (χ1n) is 4.84. The van der Waals surface area contributed by atoms with Crippen molar-refractivity contribution in [3.05, 3.63) is 60.2 Å². The normalized spacial score (nSPS) is 8.89. The second-order valence-electron chi connectivity index (χ2n) is 2.86. The van der Waals surface area contributed by atoms with E-state index in [1.165, 1.54) is 18.2 Å². The molecule has 0 saturated heterocycles. The summed E-state index contributed by atoms with van der Waals surface area (Å²) < 4.78 is 0. The zero-order valence-electron chi connectivity index (χ0n) is 11.3. The van der Waals surface area contributed by atoms with E-state index in [-0.39, 0.29) is 108 Å². The van der Waals surface area contributed by atoms with E-state index in [1.807, 2.05) is 0 Å². The van der Waals surface area contributed by atoms with Gasteiger partial charge in [0.25, 0.3) is 0 Å². The Hall–Kier alpha value is 0.913.